The van der Waals surface area contributed by atoms with E-state index in [9.17, 15) is 5.11 Å². The summed E-state index contributed by atoms with van der Waals surface area (Å²) in [5.41, 5.74) is 6.33. The lowest BCUT2D eigenvalue weighted by Crippen LogP contribution is -1.80. The van der Waals surface area contributed by atoms with Gasteiger partial charge in [-0.3, -0.25) is 5.11 Å². The molecular formula is C4H5N2O. The highest BCUT2D eigenvalue weighted by molar-refractivity contribution is 5.80. The summed E-state index contributed by atoms with van der Waals surface area (Å²) in [6.07, 6.45) is 0. The zero-order chi connectivity index (χ0) is 5.86. The Balaban J connectivity index is 3.68. The second kappa shape index (κ2) is 2.12. The van der Waals surface area contributed by atoms with Crippen molar-refractivity contribution >= 4 is 6.02 Å². The predicted octanol–water partition coefficient (Wildman–Crippen LogP) is 1.17. The lowest BCUT2D eigenvalue weighted by atomic mass is 10.6. The molecule has 0 rings (SSSR count). The summed E-state index contributed by atoms with van der Waals surface area (Å²) in [6.45, 7) is 6.35. The Labute approximate surface area is 42.2 Å². The van der Waals surface area contributed by atoms with Crippen LogP contribution in [0.4, 0.5) is 0 Å². The molecule has 1 N–H and O–H groups in total. The molecule has 7 heavy (non-hydrogen) atoms. The van der Waals surface area contributed by atoms with Crippen molar-refractivity contribution in [3.63, 3.8) is 0 Å². The predicted molar refractivity (Wildman–Crippen MR) is 26.9 cm³/mol. The minimum absolute atomic E-state index is 0.125. The highest BCUT2D eigenvalue weighted by atomic mass is 16.3. The molecular weight excluding hydrogens is 92.1 g/mol. The number of nitrogens with zero attached hydrogens (tertiary/aromatic N) is 1. The Morgan fingerprint density at radius 2 is 2.29 bits per heavy atom. The maximum atomic E-state index is 9.65. The molecule has 0 aromatic rings. The molecule has 0 unspecified atom stereocenters. The molecule has 0 heterocycles. The van der Waals surface area contributed by atoms with E-state index in [4.69, 9.17) is 5.73 Å². The lowest BCUT2D eigenvalue weighted by molar-refractivity contribution is 0.432. The molecule has 37 valence electrons. The minimum Gasteiger partial charge on any atom is -0.447 e. The highest BCUT2D eigenvalue weighted by Crippen LogP contribution is 1.86. The SMILES string of the molecule is C=C([CH2+])N=C([NH-])[O]. The smallest absolute Gasteiger partial charge is 0.158 e. The fourth-order valence-electron chi connectivity index (χ4n) is 0.144. The zero-order valence-corrected chi connectivity index (χ0v) is 3.77. The van der Waals surface area contributed by atoms with Gasteiger partial charge in [0, 0.05) is 13.5 Å². The Hall–Kier alpha value is -1.12. The number of allylic oxidation sites excluding steroid dienone is 1. The number of hydrogen-bond acceptors (Lipinski definition) is 1. The summed E-state index contributed by atoms with van der Waals surface area (Å²) in [7, 11) is 0. The van der Waals surface area contributed by atoms with Crippen LogP contribution in [0.25, 0.3) is 5.73 Å². The van der Waals surface area contributed by atoms with Crippen LogP contribution in [-0.2, 0) is 5.11 Å². The van der Waals surface area contributed by atoms with Gasteiger partial charge in [0.2, 0.25) is 0 Å². The standard InChI is InChI=1S/C4H5N2O/c1-3(2)6-4(5)7/h1-2H2,(H-,5,6). The molecule has 0 spiro atoms. The second-order valence-electron chi connectivity index (χ2n) is 0.983. The molecule has 0 aromatic carbocycles. The van der Waals surface area contributed by atoms with Crippen molar-refractivity contribution in [3.8, 4) is 0 Å². The first-order valence-electron chi connectivity index (χ1n) is 1.61. The Kier molecular flexibility index (Phi) is 1.78. The van der Waals surface area contributed by atoms with Crippen molar-refractivity contribution in [1.29, 1.82) is 0 Å². The van der Waals surface area contributed by atoms with E-state index < -0.39 is 6.02 Å². The van der Waals surface area contributed by atoms with Gasteiger partial charge in [-0.25, -0.2) is 0 Å². The first kappa shape index (κ1) is 5.88. The van der Waals surface area contributed by atoms with Gasteiger partial charge >= 0.3 is 0 Å². The van der Waals surface area contributed by atoms with Crippen LogP contribution in [0, 0.1) is 6.92 Å². The summed E-state index contributed by atoms with van der Waals surface area (Å²) in [6, 6.07) is -1.000. The maximum Gasteiger partial charge on any atom is 0.158 e. The van der Waals surface area contributed by atoms with Gasteiger partial charge in [0.25, 0.3) is 0 Å². The highest BCUT2D eigenvalue weighted by Gasteiger charge is 1.75. The third-order valence-corrected chi connectivity index (χ3v) is 0.260. The van der Waals surface area contributed by atoms with Crippen molar-refractivity contribution in [3.05, 3.63) is 24.9 Å². The third kappa shape index (κ3) is 4.88. The van der Waals surface area contributed by atoms with E-state index in [0.29, 0.717) is 0 Å². The van der Waals surface area contributed by atoms with Crippen LogP contribution in [-0.4, -0.2) is 6.02 Å². The molecule has 3 nitrogen and oxygen atoms in total. The molecule has 0 amide bonds. The van der Waals surface area contributed by atoms with E-state index in [1.54, 1.807) is 0 Å². The van der Waals surface area contributed by atoms with Crippen molar-refractivity contribution < 1.29 is 5.11 Å². The molecule has 0 aliphatic rings. The van der Waals surface area contributed by atoms with Gasteiger partial charge in [-0.2, -0.15) is 0 Å². The molecule has 0 saturated heterocycles. The fourth-order valence-corrected chi connectivity index (χ4v) is 0.144. The number of rotatable bonds is 1. The average molecular weight is 97.1 g/mol. The monoisotopic (exact) mass is 97.0 g/mol. The molecule has 0 aliphatic heterocycles. The second-order valence-corrected chi connectivity index (χ2v) is 0.983. The van der Waals surface area contributed by atoms with Crippen LogP contribution >= 0.6 is 0 Å². The summed E-state index contributed by atoms with van der Waals surface area (Å²) in [4.78, 5) is 3.00. The summed E-state index contributed by atoms with van der Waals surface area (Å²) >= 11 is 0. The van der Waals surface area contributed by atoms with Crippen LogP contribution in [0.3, 0.4) is 0 Å². The van der Waals surface area contributed by atoms with Crippen LogP contribution < -0.4 is 0 Å². The number of aliphatic imine (C=N–C) groups is 1. The summed E-state index contributed by atoms with van der Waals surface area (Å²) < 4.78 is 0. The molecule has 0 aromatic heterocycles. The first-order chi connectivity index (χ1) is 3.13. The summed E-state index contributed by atoms with van der Waals surface area (Å²) in [5.74, 6) is 0. The van der Waals surface area contributed by atoms with Crippen LogP contribution in [0.5, 0.6) is 0 Å². The minimum atomic E-state index is -1.000. The van der Waals surface area contributed by atoms with Crippen molar-refractivity contribution in [2.45, 2.75) is 0 Å². The van der Waals surface area contributed by atoms with E-state index in [2.05, 4.69) is 18.5 Å². The maximum absolute atomic E-state index is 9.65. The molecule has 3 heteroatoms. The molecule has 0 atom stereocenters. The molecule has 0 aliphatic carbocycles. The molecule has 1 radical (unpaired) electrons. The fraction of sp³-hybridized carbons (Fsp3) is 0. The molecule has 0 fully saturated rings. The van der Waals surface area contributed by atoms with Gasteiger partial charge in [-0.15, -0.1) is 0 Å². The number of nitrogens with one attached hydrogen (secondary N) is 1. The third-order valence-electron chi connectivity index (χ3n) is 0.260. The van der Waals surface area contributed by atoms with Gasteiger partial charge in [0.1, 0.15) is 5.70 Å². The van der Waals surface area contributed by atoms with Gasteiger partial charge in [0.05, 0.1) is 0 Å². The van der Waals surface area contributed by atoms with Crippen LogP contribution in [0.15, 0.2) is 17.3 Å². The topological polar surface area (TPSA) is 56.1 Å². The van der Waals surface area contributed by atoms with Crippen LogP contribution in [0.1, 0.15) is 0 Å². The van der Waals surface area contributed by atoms with Gasteiger partial charge in [0.15, 0.2) is 6.02 Å². The van der Waals surface area contributed by atoms with E-state index >= 15 is 0 Å². The molecule has 0 saturated carbocycles. The summed E-state index contributed by atoms with van der Waals surface area (Å²) in [5, 5.41) is 9.65. The Morgan fingerprint density at radius 1 is 1.86 bits per heavy atom. The van der Waals surface area contributed by atoms with Gasteiger partial charge < -0.3 is 10.7 Å². The quantitative estimate of drug-likeness (QED) is 0.268. The molecule has 0 bridgehead atoms. The van der Waals surface area contributed by atoms with Gasteiger partial charge in [-0.05, 0) is 0 Å². The van der Waals surface area contributed by atoms with E-state index in [1.165, 1.54) is 0 Å². The van der Waals surface area contributed by atoms with Crippen LogP contribution in [0.2, 0.25) is 0 Å². The first-order valence-corrected chi connectivity index (χ1v) is 1.61. The normalized spacial score (nSPS) is 11.1. The van der Waals surface area contributed by atoms with Crippen molar-refractivity contribution in [1.82, 2.24) is 0 Å². The van der Waals surface area contributed by atoms with E-state index in [1.807, 2.05) is 0 Å². The number of amidine groups is 1. The van der Waals surface area contributed by atoms with Crippen molar-refractivity contribution in [2.75, 3.05) is 0 Å². The number of hydrogen-bond donors (Lipinski definition) is 0. The van der Waals surface area contributed by atoms with Gasteiger partial charge in [-0.1, -0.05) is 0 Å². The Bertz CT molecular complexity index is 102. The van der Waals surface area contributed by atoms with E-state index in [0.717, 1.165) is 0 Å². The van der Waals surface area contributed by atoms with E-state index in [-0.39, 0.29) is 5.70 Å². The average Bonchev–Trinajstić information content (AvgIpc) is 1.27. The Morgan fingerprint density at radius 3 is 2.29 bits per heavy atom. The largest absolute Gasteiger partial charge is 0.447 e. The lowest BCUT2D eigenvalue weighted by Gasteiger charge is -1.88. The van der Waals surface area contributed by atoms with Crippen molar-refractivity contribution in [2.24, 2.45) is 4.99 Å². The zero-order valence-electron chi connectivity index (χ0n) is 3.77.